The molecule has 0 amide bonds. The van der Waals surface area contributed by atoms with Gasteiger partial charge in [0.15, 0.2) is 5.78 Å². The van der Waals surface area contributed by atoms with E-state index >= 15 is 0 Å². The Morgan fingerprint density at radius 2 is 2.08 bits per heavy atom. The van der Waals surface area contributed by atoms with Gasteiger partial charge in [-0.05, 0) is 29.0 Å². The summed E-state index contributed by atoms with van der Waals surface area (Å²) in [5, 5.41) is 0. The predicted molar refractivity (Wildman–Crippen MR) is 53.8 cm³/mol. The van der Waals surface area contributed by atoms with Crippen molar-refractivity contribution in [3.63, 3.8) is 0 Å². The Morgan fingerprint density at radius 1 is 1.38 bits per heavy atom. The van der Waals surface area contributed by atoms with Crippen molar-refractivity contribution in [2.75, 3.05) is 13.6 Å². The first-order chi connectivity index (χ1) is 6.09. The molecule has 0 saturated carbocycles. The minimum atomic E-state index is 0.213. The van der Waals surface area contributed by atoms with Crippen LogP contribution in [0, 0.1) is 0 Å². The van der Waals surface area contributed by atoms with Gasteiger partial charge in [0.05, 0.1) is 11.1 Å². The van der Waals surface area contributed by atoms with Crippen molar-refractivity contribution in [3.05, 3.63) is 21.9 Å². The number of hydrogen-bond acceptors (Lipinski definition) is 2. The molecule has 3 nitrogen and oxygen atoms in total. The smallest absolute Gasteiger partial charge is 0.178 e. The molecular formula is C9H11BrN2O. The lowest BCUT2D eigenvalue weighted by Gasteiger charge is -2.22. The molecule has 2 rings (SSSR count). The van der Waals surface area contributed by atoms with Crippen molar-refractivity contribution >= 4 is 21.7 Å². The monoisotopic (exact) mass is 242 g/mol. The van der Waals surface area contributed by atoms with Gasteiger partial charge in [0.2, 0.25) is 0 Å². The molecule has 0 bridgehead atoms. The van der Waals surface area contributed by atoms with Crippen LogP contribution in [0.15, 0.2) is 10.7 Å². The van der Waals surface area contributed by atoms with E-state index in [1.807, 2.05) is 29.6 Å². The number of hydrogen-bond donors (Lipinski definition) is 0. The number of nitrogens with zero attached hydrogens (tertiary/aromatic N) is 2. The number of carbonyl (C=O) groups is 1. The summed E-state index contributed by atoms with van der Waals surface area (Å²) in [6, 6.07) is 1.91. The minimum Gasteiger partial charge on any atom is -0.341 e. The van der Waals surface area contributed by atoms with Crippen LogP contribution in [0.4, 0.5) is 0 Å². The number of aromatic nitrogens is 1. The van der Waals surface area contributed by atoms with E-state index in [0.717, 1.165) is 22.4 Å². The largest absolute Gasteiger partial charge is 0.341 e. The van der Waals surface area contributed by atoms with Gasteiger partial charge in [-0.25, -0.2) is 0 Å². The summed E-state index contributed by atoms with van der Waals surface area (Å²) in [4.78, 5) is 13.6. The maximum atomic E-state index is 11.6. The van der Waals surface area contributed by atoms with Crippen molar-refractivity contribution in [3.8, 4) is 0 Å². The first-order valence-corrected chi connectivity index (χ1v) is 4.94. The maximum Gasteiger partial charge on any atom is 0.178 e. The van der Waals surface area contributed by atoms with Crippen molar-refractivity contribution in [2.45, 2.75) is 6.54 Å². The fraction of sp³-hybridized carbons (Fsp3) is 0.444. The number of rotatable bonds is 0. The van der Waals surface area contributed by atoms with Crippen LogP contribution in [-0.2, 0) is 13.6 Å². The third-order valence-electron chi connectivity index (χ3n) is 2.43. The number of fused-ring (bicyclic) bond motifs is 1. The molecule has 4 heteroatoms. The molecule has 1 aromatic heterocycles. The second kappa shape index (κ2) is 2.96. The van der Waals surface area contributed by atoms with E-state index in [0.29, 0.717) is 6.54 Å². The molecule has 0 aromatic carbocycles. The van der Waals surface area contributed by atoms with Gasteiger partial charge < -0.3 is 4.57 Å². The highest BCUT2D eigenvalue weighted by Crippen LogP contribution is 2.24. The summed E-state index contributed by atoms with van der Waals surface area (Å²) in [5.41, 5.74) is 1.97. The summed E-state index contributed by atoms with van der Waals surface area (Å²) in [6.45, 7) is 1.38. The lowest BCUT2D eigenvalue weighted by molar-refractivity contribution is 0.0920. The number of halogens is 1. The third kappa shape index (κ3) is 1.34. The van der Waals surface area contributed by atoms with Crippen LogP contribution in [0.25, 0.3) is 0 Å². The molecule has 0 fully saturated rings. The highest BCUT2D eigenvalue weighted by molar-refractivity contribution is 9.10. The molecule has 1 aromatic rings. The van der Waals surface area contributed by atoms with E-state index in [1.54, 1.807) is 0 Å². The van der Waals surface area contributed by atoms with Gasteiger partial charge in [0, 0.05) is 24.8 Å². The molecule has 1 aliphatic heterocycles. The molecule has 0 N–H and O–H groups in total. The van der Waals surface area contributed by atoms with Crippen LogP contribution in [0.5, 0.6) is 0 Å². The third-order valence-corrected chi connectivity index (χ3v) is 3.19. The van der Waals surface area contributed by atoms with Gasteiger partial charge in [-0.1, -0.05) is 0 Å². The zero-order chi connectivity index (χ0) is 9.59. The Labute approximate surface area is 85.5 Å². The van der Waals surface area contributed by atoms with Gasteiger partial charge in [0.1, 0.15) is 0 Å². The molecule has 0 unspecified atom stereocenters. The standard InChI is InChI=1S/C9H11BrN2O/c1-11-4-7-6(8(13)5-11)3-9(10)12(7)2/h3H,4-5H2,1-2H3. The highest BCUT2D eigenvalue weighted by Gasteiger charge is 2.24. The van der Waals surface area contributed by atoms with Crippen molar-refractivity contribution < 1.29 is 4.79 Å². The van der Waals surface area contributed by atoms with E-state index in [-0.39, 0.29) is 5.78 Å². The second-order valence-corrected chi connectivity index (χ2v) is 4.29. The average Bonchev–Trinajstić information content (AvgIpc) is 2.32. The molecular weight excluding hydrogens is 232 g/mol. The van der Waals surface area contributed by atoms with Crippen LogP contribution >= 0.6 is 15.9 Å². The lowest BCUT2D eigenvalue weighted by atomic mass is 10.1. The maximum absolute atomic E-state index is 11.6. The summed E-state index contributed by atoms with van der Waals surface area (Å²) in [6.07, 6.45) is 0. The number of carbonyl (C=O) groups excluding carboxylic acids is 1. The molecule has 13 heavy (non-hydrogen) atoms. The van der Waals surface area contributed by atoms with E-state index < -0.39 is 0 Å². The SMILES string of the molecule is CN1CC(=O)c2cc(Br)n(C)c2C1. The Bertz CT molecular complexity index is 370. The highest BCUT2D eigenvalue weighted by atomic mass is 79.9. The number of Topliss-reactive ketones (excluding diaryl/α,β-unsaturated/α-hetero) is 1. The van der Waals surface area contributed by atoms with Crippen LogP contribution in [0.2, 0.25) is 0 Å². The second-order valence-electron chi connectivity index (χ2n) is 3.48. The summed E-state index contributed by atoms with van der Waals surface area (Å²) >= 11 is 3.42. The topological polar surface area (TPSA) is 25.2 Å². The first kappa shape index (κ1) is 8.97. The average molecular weight is 243 g/mol. The Kier molecular flexibility index (Phi) is 2.04. The van der Waals surface area contributed by atoms with Crippen LogP contribution in [0.3, 0.4) is 0 Å². The fourth-order valence-electron chi connectivity index (χ4n) is 1.68. The number of ketones is 1. The van der Waals surface area contributed by atoms with Gasteiger partial charge in [0.25, 0.3) is 0 Å². The molecule has 0 atom stereocenters. The Morgan fingerprint density at radius 3 is 2.77 bits per heavy atom. The van der Waals surface area contributed by atoms with E-state index in [1.165, 1.54) is 0 Å². The molecule has 1 aliphatic rings. The fourth-order valence-corrected chi connectivity index (χ4v) is 2.13. The van der Waals surface area contributed by atoms with E-state index in [9.17, 15) is 4.79 Å². The molecule has 0 spiro atoms. The molecule has 0 aliphatic carbocycles. The van der Waals surface area contributed by atoms with Crippen LogP contribution in [0.1, 0.15) is 16.1 Å². The number of likely N-dealkylation sites (N-methyl/N-ethyl adjacent to an activating group) is 1. The van der Waals surface area contributed by atoms with E-state index in [2.05, 4.69) is 15.9 Å². The van der Waals surface area contributed by atoms with Gasteiger partial charge in [-0.15, -0.1) is 0 Å². The van der Waals surface area contributed by atoms with Crippen LogP contribution in [-0.4, -0.2) is 28.8 Å². The van der Waals surface area contributed by atoms with Crippen molar-refractivity contribution in [1.29, 1.82) is 0 Å². The van der Waals surface area contributed by atoms with Crippen molar-refractivity contribution in [2.24, 2.45) is 7.05 Å². The van der Waals surface area contributed by atoms with Gasteiger partial charge in [-0.3, -0.25) is 9.69 Å². The van der Waals surface area contributed by atoms with Crippen LogP contribution < -0.4 is 0 Å². The Balaban J connectivity index is 2.55. The summed E-state index contributed by atoms with van der Waals surface area (Å²) < 4.78 is 2.99. The predicted octanol–water partition coefficient (Wildman–Crippen LogP) is 1.42. The summed E-state index contributed by atoms with van der Waals surface area (Å²) in [5.74, 6) is 0.213. The first-order valence-electron chi connectivity index (χ1n) is 4.15. The molecule has 70 valence electrons. The van der Waals surface area contributed by atoms with Gasteiger partial charge >= 0.3 is 0 Å². The van der Waals surface area contributed by atoms with Gasteiger partial charge in [-0.2, -0.15) is 0 Å². The Hall–Kier alpha value is -0.610. The van der Waals surface area contributed by atoms with Crippen molar-refractivity contribution in [1.82, 2.24) is 9.47 Å². The normalized spacial score (nSPS) is 17.6. The summed E-state index contributed by atoms with van der Waals surface area (Å²) in [7, 11) is 3.93. The molecule has 0 radical (unpaired) electrons. The quantitative estimate of drug-likeness (QED) is 0.688. The zero-order valence-electron chi connectivity index (χ0n) is 7.67. The molecule has 0 saturated heterocycles. The molecule has 2 heterocycles. The minimum absolute atomic E-state index is 0.213. The van der Waals surface area contributed by atoms with E-state index in [4.69, 9.17) is 0 Å². The zero-order valence-corrected chi connectivity index (χ0v) is 9.26. The lowest BCUT2D eigenvalue weighted by Crippen LogP contribution is -2.32.